The maximum Gasteiger partial charge on any atom is 0.229 e. The summed E-state index contributed by atoms with van der Waals surface area (Å²) in [7, 11) is 0. The summed E-state index contributed by atoms with van der Waals surface area (Å²) >= 11 is 1.44. The molecule has 1 aliphatic rings. The molecular formula is C29H30N4O2S. The summed E-state index contributed by atoms with van der Waals surface area (Å²) in [4.78, 5) is 29.3. The summed E-state index contributed by atoms with van der Waals surface area (Å²) < 4.78 is 0.937. The smallest absolute Gasteiger partial charge is 0.229 e. The zero-order chi connectivity index (χ0) is 24.7. The molecular weight excluding hydrogens is 468 g/mol. The number of nitrogens with zero attached hydrogens (tertiary/aromatic N) is 1. The van der Waals surface area contributed by atoms with Gasteiger partial charge in [0.05, 0.1) is 10.2 Å². The van der Waals surface area contributed by atoms with Crippen LogP contribution in [-0.4, -0.2) is 23.3 Å². The zero-order valence-corrected chi connectivity index (χ0v) is 20.9. The van der Waals surface area contributed by atoms with E-state index in [4.69, 9.17) is 0 Å². The van der Waals surface area contributed by atoms with E-state index in [1.54, 1.807) is 0 Å². The van der Waals surface area contributed by atoms with Gasteiger partial charge in [0.15, 0.2) is 5.13 Å². The molecule has 7 heteroatoms. The van der Waals surface area contributed by atoms with Crippen molar-refractivity contribution in [2.45, 2.75) is 38.6 Å². The third-order valence-corrected chi connectivity index (χ3v) is 7.48. The molecule has 0 atom stereocenters. The highest BCUT2D eigenvalue weighted by Crippen LogP contribution is 2.31. The fraction of sp³-hybridized carbons (Fsp3) is 0.276. The molecule has 36 heavy (non-hydrogen) atoms. The fourth-order valence-electron chi connectivity index (χ4n) is 4.56. The van der Waals surface area contributed by atoms with Crippen molar-refractivity contribution in [2.24, 2.45) is 5.92 Å². The molecule has 1 heterocycles. The SMILES string of the molecule is O=C(CCNCc1ccc(-c2ccccc2)cc1)Nc1ccc2nc(NC(=O)C3CCCC3)sc2c1. The number of anilines is 2. The highest BCUT2D eigenvalue weighted by Gasteiger charge is 2.23. The first kappa shape index (κ1) is 24.2. The minimum atomic E-state index is -0.0412. The molecule has 1 saturated carbocycles. The van der Waals surface area contributed by atoms with Crippen LogP contribution < -0.4 is 16.0 Å². The number of carbonyl (C=O) groups excluding carboxylic acids is 2. The van der Waals surface area contributed by atoms with Gasteiger partial charge in [-0.1, -0.05) is 78.8 Å². The van der Waals surface area contributed by atoms with Crippen LogP contribution in [0.5, 0.6) is 0 Å². The second-order valence-corrected chi connectivity index (χ2v) is 10.2. The lowest BCUT2D eigenvalue weighted by molar-refractivity contribution is -0.119. The van der Waals surface area contributed by atoms with E-state index in [0.717, 1.165) is 41.6 Å². The van der Waals surface area contributed by atoms with Gasteiger partial charge in [-0.2, -0.15) is 0 Å². The van der Waals surface area contributed by atoms with Gasteiger partial charge in [-0.15, -0.1) is 0 Å². The monoisotopic (exact) mass is 498 g/mol. The lowest BCUT2D eigenvalue weighted by atomic mass is 10.0. The average molecular weight is 499 g/mol. The van der Waals surface area contributed by atoms with Crippen molar-refractivity contribution in [3.05, 3.63) is 78.4 Å². The van der Waals surface area contributed by atoms with Crippen LogP contribution in [0.1, 0.15) is 37.7 Å². The molecule has 0 aliphatic heterocycles. The number of hydrogen-bond donors (Lipinski definition) is 3. The Bertz CT molecular complexity index is 1330. The van der Waals surface area contributed by atoms with Crippen molar-refractivity contribution < 1.29 is 9.59 Å². The Balaban J connectivity index is 1.07. The molecule has 1 aliphatic carbocycles. The van der Waals surface area contributed by atoms with E-state index in [1.165, 1.54) is 28.0 Å². The van der Waals surface area contributed by atoms with Crippen LogP contribution in [0.25, 0.3) is 21.3 Å². The summed E-state index contributed by atoms with van der Waals surface area (Å²) in [5.74, 6) is 0.134. The lowest BCUT2D eigenvalue weighted by Gasteiger charge is -2.08. The van der Waals surface area contributed by atoms with E-state index in [-0.39, 0.29) is 17.7 Å². The van der Waals surface area contributed by atoms with Gasteiger partial charge >= 0.3 is 0 Å². The van der Waals surface area contributed by atoms with E-state index in [0.29, 0.717) is 24.6 Å². The summed E-state index contributed by atoms with van der Waals surface area (Å²) in [6.45, 7) is 1.30. The van der Waals surface area contributed by atoms with Gasteiger partial charge in [0.2, 0.25) is 11.8 Å². The Kier molecular flexibility index (Phi) is 7.69. The first-order chi connectivity index (χ1) is 17.6. The third-order valence-electron chi connectivity index (χ3n) is 6.55. The first-order valence-electron chi connectivity index (χ1n) is 12.5. The Labute approximate surface area is 215 Å². The van der Waals surface area contributed by atoms with Gasteiger partial charge in [0, 0.05) is 31.1 Å². The lowest BCUT2D eigenvalue weighted by Crippen LogP contribution is -2.21. The van der Waals surface area contributed by atoms with Gasteiger partial charge < -0.3 is 16.0 Å². The average Bonchev–Trinajstić information content (AvgIpc) is 3.57. The molecule has 2 amide bonds. The molecule has 0 saturated heterocycles. The largest absolute Gasteiger partial charge is 0.326 e. The van der Waals surface area contributed by atoms with Crippen molar-refractivity contribution in [3.8, 4) is 11.1 Å². The van der Waals surface area contributed by atoms with Crippen molar-refractivity contribution in [1.82, 2.24) is 10.3 Å². The Morgan fingerprint density at radius 2 is 1.64 bits per heavy atom. The summed E-state index contributed by atoms with van der Waals surface area (Å²) in [6, 6.07) is 24.4. The fourth-order valence-corrected chi connectivity index (χ4v) is 5.46. The number of nitrogens with one attached hydrogen (secondary N) is 3. The van der Waals surface area contributed by atoms with Crippen LogP contribution in [0.3, 0.4) is 0 Å². The summed E-state index contributed by atoms with van der Waals surface area (Å²) in [5.41, 5.74) is 5.14. The molecule has 1 aromatic heterocycles. The van der Waals surface area contributed by atoms with Crippen LogP contribution in [0.2, 0.25) is 0 Å². The first-order valence-corrected chi connectivity index (χ1v) is 13.3. The molecule has 0 unspecified atom stereocenters. The van der Waals surface area contributed by atoms with E-state index in [2.05, 4.69) is 57.3 Å². The van der Waals surface area contributed by atoms with Gasteiger partial charge in [-0.3, -0.25) is 9.59 Å². The molecule has 0 bridgehead atoms. The second kappa shape index (κ2) is 11.5. The third kappa shape index (κ3) is 6.17. The molecule has 184 valence electrons. The second-order valence-electron chi connectivity index (χ2n) is 9.21. The number of thiazole rings is 1. The Morgan fingerprint density at radius 3 is 2.42 bits per heavy atom. The van der Waals surface area contributed by atoms with Gasteiger partial charge in [0.1, 0.15) is 0 Å². The molecule has 6 nitrogen and oxygen atoms in total. The molecule has 0 radical (unpaired) electrons. The van der Waals surface area contributed by atoms with E-state index in [9.17, 15) is 9.59 Å². The Morgan fingerprint density at radius 1 is 0.889 bits per heavy atom. The summed E-state index contributed by atoms with van der Waals surface area (Å²) in [6.07, 6.45) is 4.55. The number of hydrogen-bond acceptors (Lipinski definition) is 5. The highest BCUT2D eigenvalue weighted by molar-refractivity contribution is 7.22. The van der Waals surface area contributed by atoms with Gasteiger partial charge in [-0.05, 0) is 47.7 Å². The molecule has 4 aromatic rings. The van der Waals surface area contributed by atoms with Crippen LogP contribution in [-0.2, 0) is 16.1 Å². The maximum absolute atomic E-state index is 12.4. The number of fused-ring (bicyclic) bond motifs is 1. The molecule has 5 rings (SSSR count). The minimum Gasteiger partial charge on any atom is -0.326 e. The van der Waals surface area contributed by atoms with Crippen LogP contribution in [0.15, 0.2) is 72.8 Å². The predicted molar refractivity (Wildman–Crippen MR) is 147 cm³/mol. The summed E-state index contributed by atoms with van der Waals surface area (Å²) in [5, 5.41) is 9.89. The number of benzene rings is 3. The van der Waals surface area contributed by atoms with Crippen LogP contribution in [0.4, 0.5) is 10.8 Å². The van der Waals surface area contributed by atoms with Crippen molar-refractivity contribution in [2.75, 3.05) is 17.2 Å². The predicted octanol–water partition coefficient (Wildman–Crippen LogP) is 6.21. The van der Waals surface area contributed by atoms with Crippen LogP contribution in [0, 0.1) is 5.92 Å². The quantitative estimate of drug-likeness (QED) is 0.240. The topological polar surface area (TPSA) is 83.1 Å². The standard InChI is InChI=1S/C29H30N4O2S/c34-27(16-17-30-19-20-10-12-22(13-11-20)21-6-2-1-3-7-21)31-24-14-15-25-26(18-24)36-29(32-25)33-28(35)23-8-4-5-9-23/h1-3,6-7,10-15,18,23,30H,4-5,8-9,16-17,19H2,(H,31,34)(H,32,33,35). The molecule has 0 spiro atoms. The maximum atomic E-state index is 12.4. The van der Waals surface area contributed by atoms with Crippen molar-refractivity contribution >= 4 is 44.2 Å². The van der Waals surface area contributed by atoms with E-state index in [1.807, 2.05) is 36.4 Å². The molecule has 3 aromatic carbocycles. The van der Waals surface area contributed by atoms with Crippen molar-refractivity contribution in [1.29, 1.82) is 0 Å². The number of amides is 2. The number of aromatic nitrogens is 1. The minimum absolute atomic E-state index is 0.0412. The molecule has 3 N–H and O–H groups in total. The van der Waals surface area contributed by atoms with Gasteiger partial charge in [0.25, 0.3) is 0 Å². The number of rotatable bonds is 9. The van der Waals surface area contributed by atoms with Gasteiger partial charge in [-0.25, -0.2) is 4.98 Å². The molecule has 1 fully saturated rings. The highest BCUT2D eigenvalue weighted by atomic mass is 32.1. The normalized spacial score (nSPS) is 13.7. The number of carbonyl (C=O) groups is 2. The van der Waals surface area contributed by atoms with Crippen molar-refractivity contribution in [3.63, 3.8) is 0 Å². The van der Waals surface area contributed by atoms with E-state index < -0.39 is 0 Å². The Hall–Kier alpha value is -3.55. The van der Waals surface area contributed by atoms with E-state index >= 15 is 0 Å². The van der Waals surface area contributed by atoms with Crippen LogP contribution >= 0.6 is 11.3 Å². The zero-order valence-electron chi connectivity index (χ0n) is 20.1.